The monoisotopic (exact) mass is 190 g/mol. The first-order chi connectivity index (χ1) is 6.59. The number of rotatable bonds is 2. The first-order valence-electron chi connectivity index (χ1n) is 5.35. The summed E-state index contributed by atoms with van der Waals surface area (Å²) in [5, 5.41) is 9.45. The molecule has 0 unspecified atom stereocenters. The maximum atomic E-state index is 9.45. The Bertz CT molecular complexity index is 341. The fourth-order valence-electron chi connectivity index (χ4n) is 2.13. The number of aliphatic hydroxyl groups is 1. The molecular formula is C13H18O. The predicted molar refractivity (Wildman–Crippen MR) is 58.4 cm³/mol. The smallest absolute Gasteiger partial charge is 0.0546 e. The molecule has 1 aromatic carbocycles. The molecule has 1 aromatic rings. The molecule has 1 saturated carbocycles. The summed E-state index contributed by atoms with van der Waals surface area (Å²) < 4.78 is 0. The molecule has 0 spiro atoms. The quantitative estimate of drug-likeness (QED) is 0.760. The van der Waals surface area contributed by atoms with Gasteiger partial charge in [-0.2, -0.15) is 0 Å². The van der Waals surface area contributed by atoms with Gasteiger partial charge in [-0.05, 0) is 55.7 Å². The minimum absolute atomic E-state index is 0.151. The zero-order chi connectivity index (χ0) is 10.3. The third kappa shape index (κ3) is 1.69. The van der Waals surface area contributed by atoms with Crippen LogP contribution in [0.4, 0.5) is 0 Å². The van der Waals surface area contributed by atoms with Crippen molar-refractivity contribution < 1.29 is 5.11 Å². The molecule has 76 valence electrons. The first kappa shape index (κ1) is 9.72. The van der Waals surface area contributed by atoms with Crippen LogP contribution in [0.5, 0.6) is 0 Å². The van der Waals surface area contributed by atoms with E-state index in [1.807, 2.05) is 6.92 Å². The topological polar surface area (TPSA) is 20.2 Å². The van der Waals surface area contributed by atoms with Gasteiger partial charge in [-0.25, -0.2) is 0 Å². The van der Waals surface area contributed by atoms with Gasteiger partial charge in [-0.1, -0.05) is 18.2 Å². The molecule has 1 nitrogen and oxygen atoms in total. The van der Waals surface area contributed by atoms with Crippen LogP contribution in [-0.2, 0) is 0 Å². The van der Waals surface area contributed by atoms with Crippen molar-refractivity contribution in [3.63, 3.8) is 0 Å². The lowest BCUT2D eigenvalue weighted by molar-refractivity contribution is 0.169. The average molecular weight is 190 g/mol. The Morgan fingerprint density at radius 1 is 1.29 bits per heavy atom. The molecule has 1 fully saturated rings. The van der Waals surface area contributed by atoms with Gasteiger partial charge in [0.05, 0.1) is 6.10 Å². The summed E-state index contributed by atoms with van der Waals surface area (Å²) in [6.45, 7) is 6.18. The van der Waals surface area contributed by atoms with Crippen LogP contribution in [0, 0.1) is 19.8 Å². The molecule has 0 aromatic heterocycles. The highest BCUT2D eigenvalue weighted by Gasteiger charge is 2.41. The molecule has 0 aliphatic heterocycles. The Morgan fingerprint density at radius 2 is 2.00 bits per heavy atom. The fourth-order valence-corrected chi connectivity index (χ4v) is 2.13. The minimum Gasteiger partial charge on any atom is -0.393 e. The maximum Gasteiger partial charge on any atom is 0.0546 e. The largest absolute Gasteiger partial charge is 0.393 e. The third-order valence-electron chi connectivity index (χ3n) is 3.42. The van der Waals surface area contributed by atoms with Gasteiger partial charge in [-0.3, -0.25) is 0 Å². The molecule has 0 heterocycles. The second-order valence-corrected chi connectivity index (χ2v) is 4.59. The van der Waals surface area contributed by atoms with Crippen molar-refractivity contribution in [1.29, 1.82) is 0 Å². The van der Waals surface area contributed by atoms with Gasteiger partial charge in [0, 0.05) is 0 Å². The van der Waals surface area contributed by atoms with Crippen molar-refractivity contribution in [3.8, 4) is 0 Å². The van der Waals surface area contributed by atoms with Gasteiger partial charge in [0.1, 0.15) is 0 Å². The van der Waals surface area contributed by atoms with E-state index in [0.717, 1.165) is 6.42 Å². The van der Waals surface area contributed by atoms with E-state index in [0.29, 0.717) is 11.8 Å². The van der Waals surface area contributed by atoms with Crippen LogP contribution in [-0.4, -0.2) is 11.2 Å². The van der Waals surface area contributed by atoms with Crippen molar-refractivity contribution >= 4 is 0 Å². The Balaban J connectivity index is 2.16. The highest BCUT2D eigenvalue weighted by atomic mass is 16.3. The zero-order valence-electron chi connectivity index (χ0n) is 9.12. The standard InChI is InChI=1S/C13H18O/c1-8-4-5-11(6-9(8)2)13-7-12(13)10(3)14/h4-6,10,12-14H,7H2,1-3H3/t10-,12-,13-/m0/s1. The number of aryl methyl sites for hydroxylation is 2. The fraction of sp³-hybridized carbons (Fsp3) is 0.538. The average Bonchev–Trinajstić information content (AvgIpc) is 2.89. The van der Waals surface area contributed by atoms with Gasteiger partial charge in [-0.15, -0.1) is 0 Å². The summed E-state index contributed by atoms with van der Waals surface area (Å²) in [6.07, 6.45) is 1.00. The lowest BCUT2D eigenvalue weighted by Crippen LogP contribution is -2.03. The summed E-state index contributed by atoms with van der Waals surface area (Å²) in [7, 11) is 0. The SMILES string of the molecule is Cc1ccc([C@@H]2C[C@H]2[C@H](C)O)cc1C. The van der Waals surface area contributed by atoms with E-state index in [9.17, 15) is 5.11 Å². The van der Waals surface area contributed by atoms with Crippen LogP contribution in [0.15, 0.2) is 18.2 Å². The van der Waals surface area contributed by atoms with E-state index in [4.69, 9.17) is 0 Å². The van der Waals surface area contributed by atoms with E-state index in [1.165, 1.54) is 16.7 Å². The summed E-state index contributed by atoms with van der Waals surface area (Å²) in [5.41, 5.74) is 4.11. The molecule has 0 bridgehead atoms. The maximum absolute atomic E-state index is 9.45. The van der Waals surface area contributed by atoms with Gasteiger partial charge in [0.25, 0.3) is 0 Å². The molecule has 1 N–H and O–H groups in total. The van der Waals surface area contributed by atoms with Crippen LogP contribution in [0.2, 0.25) is 0 Å². The van der Waals surface area contributed by atoms with Crippen molar-refractivity contribution in [2.45, 2.75) is 39.2 Å². The van der Waals surface area contributed by atoms with E-state index in [-0.39, 0.29) is 6.10 Å². The van der Waals surface area contributed by atoms with Crippen LogP contribution in [0.3, 0.4) is 0 Å². The molecule has 2 rings (SSSR count). The molecule has 0 saturated heterocycles. The van der Waals surface area contributed by atoms with Crippen LogP contribution in [0.25, 0.3) is 0 Å². The minimum atomic E-state index is -0.151. The van der Waals surface area contributed by atoms with Crippen molar-refractivity contribution in [1.82, 2.24) is 0 Å². The second kappa shape index (κ2) is 3.39. The summed E-state index contributed by atoms with van der Waals surface area (Å²) in [4.78, 5) is 0. The molecule has 0 radical (unpaired) electrons. The van der Waals surface area contributed by atoms with Crippen molar-refractivity contribution in [3.05, 3.63) is 34.9 Å². The molecule has 0 amide bonds. The Morgan fingerprint density at radius 3 is 2.50 bits per heavy atom. The Hall–Kier alpha value is -0.820. The third-order valence-corrected chi connectivity index (χ3v) is 3.42. The Labute approximate surface area is 85.8 Å². The molecular weight excluding hydrogens is 172 g/mol. The Kier molecular flexibility index (Phi) is 2.36. The van der Waals surface area contributed by atoms with E-state index < -0.39 is 0 Å². The molecule has 1 aliphatic rings. The molecule has 14 heavy (non-hydrogen) atoms. The van der Waals surface area contributed by atoms with Gasteiger partial charge in [0.2, 0.25) is 0 Å². The summed E-state index contributed by atoms with van der Waals surface area (Å²) >= 11 is 0. The molecule has 1 heteroatoms. The van der Waals surface area contributed by atoms with Crippen LogP contribution >= 0.6 is 0 Å². The normalized spacial score (nSPS) is 27.4. The first-order valence-corrected chi connectivity index (χ1v) is 5.35. The molecule has 3 atom stereocenters. The highest BCUT2D eigenvalue weighted by molar-refractivity contribution is 5.34. The number of aliphatic hydroxyl groups excluding tert-OH is 1. The zero-order valence-corrected chi connectivity index (χ0v) is 9.12. The lowest BCUT2D eigenvalue weighted by atomic mass is 10.0. The van der Waals surface area contributed by atoms with Crippen LogP contribution < -0.4 is 0 Å². The second-order valence-electron chi connectivity index (χ2n) is 4.59. The summed E-state index contributed by atoms with van der Waals surface area (Å²) in [5.74, 6) is 1.10. The van der Waals surface area contributed by atoms with E-state index >= 15 is 0 Å². The van der Waals surface area contributed by atoms with E-state index in [1.54, 1.807) is 0 Å². The predicted octanol–water partition coefficient (Wildman–Crippen LogP) is 2.79. The summed E-state index contributed by atoms with van der Waals surface area (Å²) in [6, 6.07) is 6.65. The number of hydrogen-bond acceptors (Lipinski definition) is 1. The van der Waals surface area contributed by atoms with Crippen molar-refractivity contribution in [2.24, 2.45) is 5.92 Å². The van der Waals surface area contributed by atoms with Crippen LogP contribution in [0.1, 0.15) is 36.0 Å². The van der Waals surface area contributed by atoms with Crippen molar-refractivity contribution in [2.75, 3.05) is 0 Å². The lowest BCUT2D eigenvalue weighted by Gasteiger charge is -2.06. The van der Waals surface area contributed by atoms with Gasteiger partial charge >= 0.3 is 0 Å². The van der Waals surface area contributed by atoms with E-state index in [2.05, 4.69) is 32.0 Å². The van der Waals surface area contributed by atoms with Gasteiger partial charge < -0.3 is 5.11 Å². The number of hydrogen-bond donors (Lipinski definition) is 1. The number of benzene rings is 1. The van der Waals surface area contributed by atoms with Gasteiger partial charge in [0.15, 0.2) is 0 Å². The molecule has 1 aliphatic carbocycles. The highest BCUT2D eigenvalue weighted by Crippen LogP contribution is 2.49.